The van der Waals surface area contributed by atoms with E-state index in [4.69, 9.17) is 0 Å². The molecule has 8 nitrogen and oxygen atoms in total. The second-order valence-corrected chi connectivity index (χ2v) is 6.77. The Morgan fingerprint density at radius 3 is 2.76 bits per heavy atom. The average molecular weight is 355 g/mol. The van der Waals surface area contributed by atoms with Gasteiger partial charge in [0, 0.05) is 10.1 Å². The van der Waals surface area contributed by atoms with Crippen molar-refractivity contribution >= 4 is 37.3 Å². The molecule has 0 aliphatic heterocycles. The summed E-state index contributed by atoms with van der Waals surface area (Å²) in [6.45, 7) is 3.28. The second-order valence-electron chi connectivity index (χ2n) is 5.71. The van der Waals surface area contributed by atoms with E-state index in [1.165, 1.54) is 26.9 Å². The number of aryl methyl sites for hydroxylation is 1. The summed E-state index contributed by atoms with van der Waals surface area (Å²) in [4.78, 5) is 27.9. The van der Waals surface area contributed by atoms with Crippen molar-refractivity contribution in [2.24, 2.45) is 0 Å². The van der Waals surface area contributed by atoms with Crippen LogP contribution in [0.4, 0.5) is 5.69 Å². The number of nitrogens with zero attached hydrogens (tertiary/aromatic N) is 5. The van der Waals surface area contributed by atoms with Crippen LogP contribution in [0.1, 0.15) is 11.4 Å². The van der Waals surface area contributed by atoms with Crippen LogP contribution in [0.2, 0.25) is 0 Å². The highest BCUT2D eigenvalue weighted by molar-refractivity contribution is 7.25. The maximum absolute atomic E-state index is 12.8. The molecule has 0 N–H and O–H groups in total. The molecule has 1 aromatic carbocycles. The van der Waals surface area contributed by atoms with Gasteiger partial charge in [0.15, 0.2) is 0 Å². The van der Waals surface area contributed by atoms with E-state index in [0.717, 1.165) is 10.1 Å². The predicted molar refractivity (Wildman–Crippen MR) is 95.1 cm³/mol. The Bertz CT molecular complexity index is 1200. The molecule has 0 amide bonds. The van der Waals surface area contributed by atoms with Gasteiger partial charge in [-0.15, -0.1) is 11.3 Å². The fourth-order valence-electron chi connectivity index (χ4n) is 2.95. The number of benzene rings is 1. The zero-order valence-corrected chi connectivity index (χ0v) is 14.3. The van der Waals surface area contributed by atoms with Gasteiger partial charge in [0.2, 0.25) is 0 Å². The standard InChI is InChI=1S/C16H13N5O3S/c1-9-14(21(23)24)10(2)20(18-9)8-19-7-17-13-11-5-3-4-6-12(11)25-15(13)16(19)22/h3-7H,8H2,1-2H3. The maximum atomic E-state index is 12.8. The summed E-state index contributed by atoms with van der Waals surface area (Å²) in [7, 11) is 0. The zero-order valence-electron chi connectivity index (χ0n) is 13.5. The normalized spacial score (nSPS) is 11.4. The molecule has 0 unspecified atom stereocenters. The fourth-order valence-corrected chi connectivity index (χ4v) is 4.05. The van der Waals surface area contributed by atoms with E-state index < -0.39 is 4.92 Å². The maximum Gasteiger partial charge on any atom is 0.312 e. The molecule has 3 heterocycles. The minimum Gasteiger partial charge on any atom is -0.278 e. The topological polar surface area (TPSA) is 95.8 Å². The summed E-state index contributed by atoms with van der Waals surface area (Å²) >= 11 is 1.40. The molecule has 0 fully saturated rings. The number of rotatable bonds is 3. The molecule has 9 heteroatoms. The molecule has 0 saturated carbocycles. The Morgan fingerprint density at radius 2 is 2.04 bits per heavy atom. The fraction of sp³-hybridized carbons (Fsp3) is 0.188. The van der Waals surface area contributed by atoms with Crippen LogP contribution < -0.4 is 5.56 Å². The van der Waals surface area contributed by atoms with Crippen LogP contribution in [0.25, 0.3) is 20.3 Å². The van der Waals surface area contributed by atoms with Crippen LogP contribution in [0, 0.1) is 24.0 Å². The van der Waals surface area contributed by atoms with E-state index >= 15 is 0 Å². The van der Waals surface area contributed by atoms with Crippen molar-refractivity contribution in [3.05, 3.63) is 62.4 Å². The zero-order chi connectivity index (χ0) is 17.7. The predicted octanol–water partition coefficient (Wildman–Crippen LogP) is 2.84. The Kier molecular flexibility index (Phi) is 3.39. The second kappa shape index (κ2) is 5.49. The summed E-state index contributed by atoms with van der Waals surface area (Å²) in [5.74, 6) is 0. The number of hydrogen-bond acceptors (Lipinski definition) is 6. The van der Waals surface area contributed by atoms with Crippen LogP contribution in [-0.4, -0.2) is 24.3 Å². The lowest BCUT2D eigenvalue weighted by Gasteiger charge is -2.06. The molecule has 4 rings (SSSR count). The van der Waals surface area contributed by atoms with Crippen molar-refractivity contribution in [2.45, 2.75) is 20.5 Å². The lowest BCUT2D eigenvalue weighted by Crippen LogP contribution is -2.24. The highest BCUT2D eigenvalue weighted by atomic mass is 32.1. The van der Waals surface area contributed by atoms with Crippen molar-refractivity contribution in [2.75, 3.05) is 0 Å². The lowest BCUT2D eigenvalue weighted by atomic mass is 10.2. The van der Waals surface area contributed by atoms with Gasteiger partial charge in [-0.05, 0) is 19.9 Å². The van der Waals surface area contributed by atoms with Gasteiger partial charge < -0.3 is 0 Å². The highest BCUT2D eigenvalue weighted by Gasteiger charge is 2.22. The Hall–Kier alpha value is -3.07. The molecule has 0 spiro atoms. The van der Waals surface area contributed by atoms with E-state index in [9.17, 15) is 14.9 Å². The van der Waals surface area contributed by atoms with E-state index in [0.29, 0.717) is 21.6 Å². The Morgan fingerprint density at radius 1 is 1.28 bits per heavy atom. The smallest absolute Gasteiger partial charge is 0.278 e. The number of nitro groups is 1. The number of hydrogen-bond donors (Lipinski definition) is 0. The van der Waals surface area contributed by atoms with Gasteiger partial charge in [0.1, 0.15) is 22.8 Å². The van der Waals surface area contributed by atoms with E-state index in [1.54, 1.807) is 13.8 Å². The molecule has 0 saturated heterocycles. The van der Waals surface area contributed by atoms with Gasteiger partial charge in [-0.1, -0.05) is 18.2 Å². The average Bonchev–Trinajstić information content (AvgIpc) is 3.08. The van der Waals surface area contributed by atoms with Gasteiger partial charge in [-0.2, -0.15) is 5.10 Å². The van der Waals surface area contributed by atoms with Crippen molar-refractivity contribution in [3.63, 3.8) is 0 Å². The number of thiophene rings is 1. The minimum atomic E-state index is -0.454. The van der Waals surface area contributed by atoms with Gasteiger partial charge in [0.05, 0.1) is 16.8 Å². The van der Waals surface area contributed by atoms with Crippen molar-refractivity contribution in [3.8, 4) is 0 Å². The van der Waals surface area contributed by atoms with Gasteiger partial charge in [0.25, 0.3) is 5.56 Å². The first-order chi connectivity index (χ1) is 12.0. The highest BCUT2D eigenvalue weighted by Crippen LogP contribution is 2.29. The van der Waals surface area contributed by atoms with Crippen molar-refractivity contribution < 1.29 is 4.92 Å². The summed E-state index contributed by atoms with van der Waals surface area (Å²) in [5, 5.41) is 16.3. The van der Waals surface area contributed by atoms with Crippen molar-refractivity contribution in [1.29, 1.82) is 0 Å². The number of fused-ring (bicyclic) bond motifs is 3. The third kappa shape index (κ3) is 2.31. The first-order valence-electron chi connectivity index (χ1n) is 7.52. The molecular weight excluding hydrogens is 342 g/mol. The first-order valence-corrected chi connectivity index (χ1v) is 8.34. The Labute approximate surface area is 145 Å². The molecule has 126 valence electrons. The largest absolute Gasteiger partial charge is 0.312 e. The number of aromatic nitrogens is 4. The van der Waals surface area contributed by atoms with Gasteiger partial charge in [-0.3, -0.25) is 19.5 Å². The SMILES string of the molecule is Cc1nn(Cn2cnc3c(sc4ccccc43)c2=O)c(C)c1[N+](=O)[O-]. The van der Waals surface area contributed by atoms with E-state index in [2.05, 4.69) is 10.1 Å². The molecule has 4 aromatic rings. The van der Waals surface area contributed by atoms with Crippen LogP contribution in [-0.2, 0) is 6.67 Å². The molecule has 0 aliphatic rings. The third-order valence-electron chi connectivity index (χ3n) is 4.16. The van der Waals surface area contributed by atoms with Crippen LogP contribution >= 0.6 is 11.3 Å². The molecular formula is C16H13N5O3S. The monoisotopic (exact) mass is 355 g/mol. The Balaban J connectivity index is 1.84. The molecule has 0 aliphatic carbocycles. The lowest BCUT2D eigenvalue weighted by molar-refractivity contribution is -0.386. The van der Waals surface area contributed by atoms with Crippen LogP contribution in [0.3, 0.4) is 0 Å². The summed E-state index contributed by atoms with van der Waals surface area (Å²) in [6, 6.07) is 7.73. The molecule has 0 bridgehead atoms. The molecule has 0 atom stereocenters. The van der Waals surface area contributed by atoms with E-state index in [-0.39, 0.29) is 17.9 Å². The molecule has 25 heavy (non-hydrogen) atoms. The third-order valence-corrected chi connectivity index (χ3v) is 5.31. The summed E-state index contributed by atoms with van der Waals surface area (Å²) in [6.07, 6.45) is 1.46. The molecule has 3 aromatic heterocycles. The first kappa shape index (κ1) is 15.5. The van der Waals surface area contributed by atoms with Crippen LogP contribution in [0.5, 0.6) is 0 Å². The van der Waals surface area contributed by atoms with Crippen LogP contribution in [0.15, 0.2) is 35.4 Å². The van der Waals surface area contributed by atoms with Crippen molar-refractivity contribution in [1.82, 2.24) is 19.3 Å². The quantitative estimate of drug-likeness (QED) is 0.416. The van der Waals surface area contributed by atoms with E-state index in [1.807, 2.05) is 24.3 Å². The molecule has 0 radical (unpaired) electrons. The van der Waals surface area contributed by atoms with Gasteiger partial charge >= 0.3 is 5.69 Å². The van der Waals surface area contributed by atoms with Gasteiger partial charge in [-0.25, -0.2) is 9.67 Å². The minimum absolute atomic E-state index is 0.0241. The summed E-state index contributed by atoms with van der Waals surface area (Å²) in [5.41, 5.74) is 1.21. The summed E-state index contributed by atoms with van der Waals surface area (Å²) < 4.78 is 4.44.